The van der Waals surface area contributed by atoms with Crippen molar-refractivity contribution in [1.82, 2.24) is 10.3 Å². The topological polar surface area (TPSA) is 54.0 Å². The molecule has 1 unspecified atom stereocenters. The predicted octanol–water partition coefficient (Wildman–Crippen LogP) is 3.13. The van der Waals surface area contributed by atoms with Crippen LogP contribution in [0.3, 0.4) is 0 Å². The van der Waals surface area contributed by atoms with Crippen LogP contribution in [0.15, 0.2) is 0 Å². The van der Waals surface area contributed by atoms with Gasteiger partial charge in [-0.05, 0) is 57.5 Å². The summed E-state index contributed by atoms with van der Waals surface area (Å²) >= 11 is 1.69. The molecule has 0 aromatic carbocycles. The first kappa shape index (κ1) is 15.0. The zero-order valence-electron chi connectivity index (χ0n) is 12.6. The number of carbonyl (C=O) groups is 1. The highest BCUT2D eigenvalue weighted by Gasteiger charge is 2.17. The van der Waals surface area contributed by atoms with Crippen molar-refractivity contribution in [1.29, 1.82) is 0 Å². The van der Waals surface area contributed by atoms with Gasteiger partial charge in [-0.25, -0.2) is 4.98 Å². The maximum atomic E-state index is 12.1. The van der Waals surface area contributed by atoms with Gasteiger partial charge in [-0.1, -0.05) is 12.8 Å². The van der Waals surface area contributed by atoms with Crippen LogP contribution in [0.4, 0.5) is 5.13 Å². The van der Waals surface area contributed by atoms with Crippen molar-refractivity contribution in [3.63, 3.8) is 0 Å². The minimum absolute atomic E-state index is 0.128. The molecule has 4 nitrogen and oxygen atoms in total. The van der Waals surface area contributed by atoms with Crippen LogP contribution in [0, 0.1) is 5.92 Å². The molecular formula is C16H25N3OS. The number of aromatic nitrogens is 1. The largest absolute Gasteiger partial charge is 0.316 e. The highest BCUT2D eigenvalue weighted by atomic mass is 32.1. The molecule has 1 saturated heterocycles. The lowest BCUT2D eigenvalue weighted by atomic mass is 10.0. The lowest BCUT2D eigenvalue weighted by molar-refractivity contribution is -0.116. The minimum atomic E-state index is 0.128. The Balaban J connectivity index is 1.51. The molecule has 3 rings (SSSR count). The van der Waals surface area contributed by atoms with Gasteiger partial charge in [-0.3, -0.25) is 4.79 Å². The molecule has 116 valence electrons. The highest BCUT2D eigenvalue weighted by Crippen LogP contribution is 2.28. The summed E-state index contributed by atoms with van der Waals surface area (Å²) in [4.78, 5) is 18.1. The highest BCUT2D eigenvalue weighted by molar-refractivity contribution is 7.15. The Morgan fingerprint density at radius 3 is 2.95 bits per heavy atom. The molecule has 2 heterocycles. The third-order valence-corrected chi connectivity index (χ3v) is 5.61. The maximum Gasteiger partial charge on any atom is 0.226 e. The van der Waals surface area contributed by atoms with E-state index in [1.807, 2.05) is 0 Å². The third-order valence-electron chi connectivity index (χ3n) is 4.53. The number of anilines is 1. The van der Waals surface area contributed by atoms with Gasteiger partial charge in [0.25, 0.3) is 0 Å². The van der Waals surface area contributed by atoms with Gasteiger partial charge in [0.2, 0.25) is 5.91 Å². The molecule has 5 heteroatoms. The molecule has 1 aromatic rings. The Kier molecular flexibility index (Phi) is 5.25. The van der Waals surface area contributed by atoms with Gasteiger partial charge in [0.05, 0.1) is 5.69 Å². The maximum absolute atomic E-state index is 12.1. The molecule has 21 heavy (non-hydrogen) atoms. The Hall–Kier alpha value is -0.940. The summed E-state index contributed by atoms with van der Waals surface area (Å²) in [6, 6.07) is 0. The van der Waals surface area contributed by atoms with E-state index in [4.69, 9.17) is 0 Å². The van der Waals surface area contributed by atoms with E-state index in [0.29, 0.717) is 12.3 Å². The van der Waals surface area contributed by atoms with Crippen LogP contribution in [0.25, 0.3) is 0 Å². The average Bonchev–Trinajstić information content (AvgIpc) is 3.07. The van der Waals surface area contributed by atoms with Crippen LogP contribution in [-0.4, -0.2) is 24.0 Å². The summed E-state index contributed by atoms with van der Waals surface area (Å²) in [5, 5.41) is 7.18. The number of thiazole rings is 1. The SMILES string of the molecule is O=C(CCC1CCNC1)Nc1nc2c(s1)CCCCCC2. The Morgan fingerprint density at radius 1 is 1.29 bits per heavy atom. The number of aryl methyl sites for hydroxylation is 2. The first-order valence-corrected chi connectivity index (χ1v) is 9.12. The first-order valence-electron chi connectivity index (χ1n) is 8.30. The van der Waals surface area contributed by atoms with Gasteiger partial charge in [0, 0.05) is 11.3 Å². The number of nitrogens with one attached hydrogen (secondary N) is 2. The number of carbonyl (C=O) groups excluding carboxylic acids is 1. The van der Waals surface area contributed by atoms with Crippen LogP contribution in [-0.2, 0) is 17.6 Å². The number of amides is 1. The van der Waals surface area contributed by atoms with Gasteiger partial charge in [-0.2, -0.15) is 0 Å². The van der Waals surface area contributed by atoms with Crippen LogP contribution in [0.1, 0.15) is 55.5 Å². The summed E-state index contributed by atoms with van der Waals surface area (Å²) in [5.74, 6) is 0.802. The third kappa shape index (κ3) is 4.27. The van der Waals surface area contributed by atoms with E-state index in [-0.39, 0.29) is 5.91 Å². The molecule has 1 aromatic heterocycles. The van der Waals surface area contributed by atoms with Gasteiger partial charge < -0.3 is 10.6 Å². The number of rotatable bonds is 4. The second kappa shape index (κ2) is 7.36. The molecule has 0 bridgehead atoms. The molecule has 1 atom stereocenters. The smallest absolute Gasteiger partial charge is 0.226 e. The summed E-state index contributed by atoms with van der Waals surface area (Å²) in [5.41, 5.74) is 1.23. The Morgan fingerprint density at radius 2 is 2.14 bits per heavy atom. The van der Waals surface area contributed by atoms with E-state index in [9.17, 15) is 4.79 Å². The van der Waals surface area contributed by atoms with E-state index in [1.165, 1.54) is 42.7 Å². The van der Waals surface area contributed by atoms with Crippen molar-refractivity contribution in [2.45, 2.75) is 57.8 Å². The van der Waals surface area contributed by atoms with E-state index in [0.717, 1.165) is 37.5 Å². The number of hydrogen-bond donors (Lipinski definition) is 2. The quantitative estimate of drug-likeness (QED) is 0.898. The fourth-order valence-corrected chi connectivity index (χ4v) is 4.30. The van der Waals surface area contributed by atoms with Crippen molar-refractivity contribution < 1.29 is 4.79 Å². The standard InChI is InChI=1S/C16H25N3OS/c20-15(8-7-12-9-10-17-11-12)19-16-18-13-5-3-1-2-4-6-14(13)21-16/h12,17H,1-11H2,(H,18,19,20). The predicted molar refractivity (Wildman–Crippen MR) is 86.8 cm³/mol. The van der Waals surface area contributed by atoms with Crippen molar-refractivity contribution in [3.05, 3.63) is 10.6 Å². The second-order valence-corrected chi connectivity index (χ2v) is 7.33. The van der Waals surface area contributed by atoms with Gasteiger partial charge in [0.1, 0.15) is 0 Å². The van der Waals surface area contributed by atoms with Crippen LogP contribution in [0.2, 0.25) is 0 Å². The number of nitrogens with zero attached hydrogens (tertiary/aromatic N) is 1. The van der Waals surface area contributed by atoms with Crippen molar-refractivity contribution in [2.75, 3.05) is 18.4 Å². The molecular weight excluding hydrogens is 282 g/mol. The van der Waals surface area contributed by atoms with Crippen molar-refractivity contribution in [3.8, 4) is 0 Å². The van der Waals surface area contributed by atoms with Gasteiger partial charge in [0.15, 0.2) is 5.13 Å². The molecule has 0 spiro atoms. The van der Waals surface area contributed by atoms with Crippen molar-refractivity contribution >= 4 is 22.4 Å². The molecule has 2 aliphatic rings. The Bertz CT molecular complexity index is 454. The molecule has 2 N–H and O–H groups in total. The van der Waals surface area contributed by atoms with Crippen LogP contribution >= 0.6 is 11.3 Å². The first-order chi connectivity index (χ1) is 10.3. The molecule has 1 aliphatic heterocycles. The molecule has 1 amide bonds. The van der Waals surface area contributed by atoms with Crippen LogP contribution < -0.4 is 10.6 Å². The summed E-state index contributed by atoms with van der Waals surface area (Å²) in [7, 11) is 0. The molecule has 1 aliphatic carbocycles. The molecule has 0 radical (unpaired) electrons. The summed E-state index contributed by atoms with van der Waals surface area (Å²) in [6.45, 7) is 2.17. The minimum Gasteiger partial charge on any atom is -0.316 e. The summed E-state index contributed by atoms with van der Waals surface area (Å²) in [6.07, 6.45) is 10.2. The average molecular weight is 307 g/mol. The fourth-order valence-electron chi connectivity index (χ4n) is 3.24. The van der Waals surface area contributed by atoms with Crippen molar-refractivity contribution in [2.24, 2.45) is 5.92 Å². The van der Waals surface area contributed by atoms with Gasteiger partial charge >= 0.3 is 0 Å². The monoisotopic (exact) mass is 307 g/mol. The van der Waals surface area contributed by atoms with Crippen LogP contribution in [0.5, 0.6) is 0 Å². The zero-order valence-corrected chi connectivity index (χ0v) is 13.4. The number of hydrogen-bond acceptors (Lipinski definition) is 4. The van der Waals surface area contributed by atoms with E-state index in [1.54, 1.807) is 11.3 Å². The zero-order chi connectivity index (χ0) is 14.5. The van der Waals surface area contributed by atoms with E-state index >= 15 is 0 Å². The van der Waals surface area contributed by atoms with E-state index < -0.39 is 0 Å². The summed E-state index contributed by atoms with van der Waals surface area (Å²) < 4.78 is 0. The molecule has 0 saturated carbocycles. The fraction of sp³-hybridized carbons (Fsp3) is 0.750. The second-order valence-electron chi connectivity index (χ2n) is 6.25. The number of fused-ring (bicyclic) bond motifs is 1. The lowest BCUT2D eigenvalue weighted by Gasteiger charge is -2.07. The molecule has 1 fully saturated rings. The van der Waals surface area contributed by atoms with E-state index in [2.05, 4.69) is 15.6 Å². The normalized spacial score (nSPS) is 22.4. The Labute approximate surface area is 130 Å². The van der Waals surface area contributed by atoms with Gasteiger partial charge in [-0.15, -0.1) is 11.3 Å². The lowest BCUT2D eigenvalue weighted by Crippen LogP contribution is -2.14.